The summed E-state index contributed by atoms with van der Waals surface area (Å²) in [6.07, 6.45) is 7.09. The van der Waals surface area contributed by atoms with Crippen LogP contribution in [0.3, 0.4) is 0 Å². The first-order valence-corrected chi connectivity index (χ1v) is 6.57. The summed E-state index contributed by atoms with van der Waals surface area (Å²) in [5.41, 5.74) is 1.32. The van der Waals surface area contributed by atoms with E-state index in [0.29, 0.717) is 0 Å². The summed E-state index contributed by atoms with van der Waals surface area (Å²) in [5, 5.41) is 11.8. The molecule has 104 valence electrons. The van der Waals surface area contributed by atoms with E-state index >= 15 is 0 Å². The zero-order valence-corrected chi connectivity index (χ0v) is 11.8. The van der Waals surface area contributed by atoms with Crippen LogP contribution >= 0.6 is 0 Å². The van der Waals surface area contributed by atoms with Crippen LogP contribution in [0.4, 0.5) is 0 Å². The Balaban J connectivity index is 0.000000259. The Kier molecular flexibility index (Phi) is 11.5. The second-order valence-corrected chi connectivity index (χ2v) is 4.14. The lowest BCUT2D eigenvalue weighted by molar-refractivity contribution is 0.433. The Bertz CT molecular complexity index is 356. The second-order valence-electron chi connectivity index (χ2n) is 4.14. The smallest absolute Gasteiger partial charge is 0.114 e. The summed E-state index contributed by atoms with van der Waals surface area (Å²) in [6.45, 7) is 11.3. The predicted molar refractivity (Wildman–Crippen MR) is 84.4 cm³/mol. The van der Waals surface area contributed by atoms with Crippen LogP contribution in [0.5, 0.6) is 0 Å². The van der Waals surface area contributed by atoms with Gasteiger partial charge in [0.1, 0.15) is 5.76 Å². The average Bonchev–Trinajstić information content (AvgIpc) is 3.00. The maximum absolute atomic E-state index is 8.53. The summed E-state index contributed by atoms with van der Waals surface area (Å²) in [7, 11) is 0. The number of benzene rings is 1. The molecule has 1 aliphatic rings. The molecule has 1 aromatic rings. The first kappa shape index (κ1) is 17.2. The lowest BCUT2D eigenvalue weighted by Crippen LogP contribution is -2.03. The maximum Gasteiger partial charge on any atom is 0.114 e. The molecule has 1 aliphatic heterocycles. The van der Waals surface area contributed by atoms with E-state index in [0.717, 1.165) is 0 Å². The zero-order valence-electron chi connectivity index (χ0n) is 11.8. The van der Waals surface area contributed by atoms with Crippen LogP contribution in [0, 0.1) is 6.92 Å². The molecular formula is C17H25NO. The quantitative estimate of drug-likeness (QED) is 0.617. The number of aliphatic hydroxyl groups is 1. The highest BCUT2D eigenvalue weighted by atomic mass is 16.3. The number of hydrogen-bond donors (Lipinski definition) is 2. The number of allylic oxidation sites excluding steroid dienone is 3. The van der Waals surface area contributed by atoms with Gasteiger partial charge >= 0.3 is 0 Å². The molecule has 2 N–H and O–H groups in total. The van der Waals surface area contributed by atoms with Crippen LogP contribution in [0.1, 0.15) is 18.4 Å². The van der Waals surface area contributed by atoms with Gasteiger partial charge in [0.15, 0.2) is 0 Å². The van der Waals surface area contributed by atoms with Gasteiger partial charge in [0, 0.05) is 0 Å². The molecule has 2 heteroatoms. The Hall–Kier alpha value is -1.80. The van der Waals surface area contributed by atoms with Gasteiger partial charge in [0.05, 0.1) is 0 Å². The van der Waals surface area contributed by atoms with E-state index in [1.54, 1.807) is 0 Å². The number of aliphatic hydroxyl groups excluding tert-OH is 1. The molecule has 1 heterocycles. The summed E-state index contributed by atoms with van der Waals surface area (Å²) in [6, 6.07) is 10.3. The van der Waals surface area contributed by atoms with Crippen LogP contribution in [0.15, 0.2) is 67.5 Å². The van der Waals surface area contributed by atoms with Crippen molar-refractivity contribution in [2.24, 2.45) is 0 Å². The predicted octanol–water partition coefficient (Wildman–Crippen LogP) is 4.17. The fraction of sp³-hybridized carbons (Fsp3) is 0.294. The van der Waals surface area contributed by atoms with Gasteiger partial charge < -0.3 is 10.4 Å². The van der Waals surface area contributed by atoms with Crippen molar-refractivity contribution >= 4 is 0 Å². The van der Waals surface area contributed by atoms with Crippen molar-refractivity contribution < 1.29 is 5.11 Å². The maximum atomic E-state index is 8.53. The Morgan fingerprint density at radius 2 is 1.74 bits per heavy atom. The lowest BCUT2D eigenvalue weighted by atomic mass is 10.2. The Morgan fingerprint density at radius 1 is 1.16 bits per heavy atom. The molecule has 0 saturated carbocycles. The summed E-state index contributed by atoms with van der Waals surface area (Å²) in [5.74, 6) is 0.148. The molecule has 0 amide bonds. The monoisotopic (exact) mass is 259 g/mol. The third kappa shape index (κ3) is 12.4. The minimum Gasteiger partial charge on any atom is -0.508 e. The van der Waals surface area contributed by atoms with Crippen LogP contribution in [-0.4, -0.2) is 18.2 Å². The van der Waals surface area contributed by atoms with Crippen LogP contribution < -0.4 is 5.32 Å². The number of nitrogens with one attached hydrogen (secondary N) is 1. The molecule has 2 nitrogen and oxygen atoms in total. The third-order valence-corrected chi connectivity index (χ3v) is 2.40. The van der Waals surface area contributed by atoms with Crippen molar-refractivity contribution in [2.45, 2.75) is 19.8 Å². The van der Waals surface area contributed by atoms with Crippen molar-refractivity contribution in [2.75, 3.05) is 13.1 Å². The topological polar surface area (TPSA) is 32.3 Å². The van der Waals surface area contributed by atoms with Gasteiger partial charge in [-0.1, -0.05) is 55.1 Å². The summed E-state index contributed by atoms with van der Waals surface area (Å²) < 4.78 is 0. The van der Waals surface area contributed by atoms with E-state index in [1.165, 1.54) is 49.7 Å². The first-order chi connectivity index (χ1) is 9.20. The van der Waals surface area contributed by atoms with Gasteiger partial charge in [-0.2, -0.15) is 0 Å². The number of aryl methyl sites for hydroxylation is 1. The largest absolute Gasteiger partial charge is 0.508 e. The molecule has 0 bridgehead atoms. The van der Waals surface area contributed by atoms with Gasteiger partial charge in [-0.05, 0) is 45.0 Å². The van der Waals surface area contributed by atoms with Crippen LogP contribution in [0.25, 0.3) is 0 Å². The molecule has 0 unspecified atom stereocenters. The molecular weight excluding hydrogens is 234 g/mol. The van der Waals surface area contributed by atoms with Gasteiger partial charge in [-0.3, -0.25) is 0 Å². The Morgan fingerprint density at radius 3 is 1.95 bits per heavy atom. The van der Waals surface area contributed by atoms with E-state index < -0.39 is 0 Å². The van der Waals surface area contributed by atoms with Crippen molar-refractivity contribution in [1.29, 1.82) is 0 Å². The lowest BCUT2D eigenvalue weighted by Gasteiger charge is -1.82. The average molecular weight is 259 g/mol. The molecule has 0 spiro atoms. The van der Waals surface area contributed by atoms with Gasteiger partial charge in [-0.25, -0.2) is 0 Å². The van der Waals surface area contributed by atoms with E-state index in [1.807, 2.05) is 18.2 Å². The van der Waals surface area contributed by atoms with E-state index in [4.69, 9.17) is 5.11 Å². The highest BCUT2D eigenvalue weighted by molar-refractivity contribution is 5.12. The van der Waals surface area contributed by atoms with Gasteiger partial charge in [-0.15, -0.1) is 0 Å². The van der Waals surface area contributed by atoms with Crippen molar-refractivity contribution in [3.05, 3.63) is 73.0 Å². The highest BCUT2D eigenvalue weighted by Gasteiger charge is 1.93. The fourth-order valence-electron chi connectivity index (χ4n) is 1.35. The first-order valence-electron chi connectivity index (χ1n) is 6.57. The highest BCUT2D eigenvalue weighted by Crippen LogP contribution is 1.92. The third-order valence-electron chi connectivity index (χ3n) is 2.40. The summed E-state index contributed by atoms with van der Waals surface area (Å²) in [4.78, 5) is 0. The molecule has 1 saturated heterocycles. The van der Waals surface area contributed by atoms with E-state index in [9.17, 15) is 0 Å². The van der Waals surface area contributed by atoms with Crippen molar-refractivity contribution in [3.8, 4) is 0 Å². The molecule has 1 fully saturated rings. The fourth-order valence-corrected chi connectivity index (χ4v) is 1.35. The molecule has 0 aromatic heterocycles. The molecule has 2 rings (SSSR count). The van der Waals surface area contributed by atoms with E-state index in [2.05, 4.69) is 37.5 Å². The molecule has 19 heavy (non-hydrogen) atoms. The van der Waals surface area contributed by atoms with Crippen LogP contribution in [0.2, 0.25) is 0 Å². The Labute approximate surface area is 117 Å². The van der Waals surface area contributed by atoms with Gasteiger partial charge in [0.2, 0.25) is 0 Å². The minimum absolute atomic E-state index is 0.148. The van der Waals surface area contributed by atoms with Crippen molar-refractivity contribution in [1.82, 2.24) is 5.32 Å². The molecule has 0 radical (unpaired) electrons. The molecule has 0 aliphatic carbocycles. The minimum atomic E-state index is 0.148. The van der Waals surface area contributed by atoms with E-state index in [-0.39, 0.29) is 5.76 Å². The second kappa shape index (κ2) is 12.7. The van der Waals surface area contributed by atoms with Gasteiger partial charge in [0.25, 0.3) is 0 Å². The SMILES string of the molecule is C1CCNC1.C=C/C=C(/O)C=C.Cc1ccccc1. The molecule has 0 atom stereocenters. The normalized spacial score (nSPS) is 13.4. The standard InChI is InChI=1S/C7H8.C6H8O.C4H9N/c1-7-5-3-2-4-6-7;1-3-5-6(7)4-2;1-2-4-5-3-1/h2-6H,1H3;3-5,7H,1-2H2;5H,1-4H2/b;6-5+;. The zero-order chi connectivity index (χ0) is 14.3. The number of hydrogen-bond acceptors (Lipinski definition) is 2. The van der Waals surface area contributed by atoms with Crippen LogP contribution in [-0.2, 0) is 0 Å². The number of rotatable bonds is 2. The summed E-state index contributed by atoms with van der Waals surface area (Å²) >= 11 is 0. The molecule has 1 aromatic carbocycles. The van der Waals surface area contributed by atoms with Crippen molar-refractivity contribution in [3.63, 3.8) is 0 Å².